The molecule has 0 spiro atoms. The van der Waals surface area contributed by atoms with Gasteiger partial charge in [-0.25, -0.2) is 0 Å². The molecule has 0 aliphatic heterocycles. The van der Waals surface area contributed by atoms with Crippen molar-refractivity contribution in [1.82, 2.24) is 0 Å². The number of aromatic hydroxyl groups is 1. The molecule has 0 aliphatic carbocycles. The van der Waals surface area contributed by atoms with Gasteiger partial charge in [0.05, 0.1) is 7.11 Å². The molecule has 72 valence electrons. The molecule has 0 atom stereocenters. The fraction of sp³-hybridized carbons (Fsp3) is 0.125. The quantitative estimate of drug-likeness (QED) is 0.441. The summed E-state index contributed by atoms with van der Waals surface area (Å²) in [6.07, 6.45) is 0. The van der Waals surface area contributed by atoms with Gasteiger partial charge in [-0.1, -0.05) is 0 Å². The Kier molecular flexibility index (Phi) is 2.93. The van der Waals surface area contributed by atoms with Crippen LogP contribution in [-0.2, 0) is 0 Å². The Bertz CT molecular complexity index is 410. The number of rotatable bonds is 2. The molecule has 1 aromatic carbocycles. The van der Waals surface area contributed by atoms with Crippen molar-refractivity contribution in [3.05, 3.63) is 34.2 Å². The van der Waals surface area contributed by atoms with E-state index in [1.165, 1.54) is 25.3 Å². The van der Waals surface area contributed by atoms with Crippen LogP contribution < -0.4 is 4.74 Å². The highest BCUT2D eigenvalue weighted by Gasteiger charge is 2.07. The van der Waals surface area contributed by atoms with Gasteiger partial charge in [-0.05, 0) is 28.8 Å². The normalized spacial score (nSPS) is 8.93. The molecule has 1 amide bonds. The van der Waals surface area contributed by atoms with Gasteiger partial charge in [0.2, 0.25) is 5.91 Å². The number of carbonyl (C=O) groups excluding carboxylic acids is 1. The summed E-state index contributed by atoms with van der Waals surface area (Å²) >= 11 is 0. The van der Waals surface area contributed by atoms with Crippen LogP contribution >= 0.6 is 0 Å². The van der Waals surface area contributed by atoms with Crippen molar-refractivity contribution >= 4 is 5.91 Å². The maximum absolute atomic E-state index is 11.1. The Morgan fingerprint density at radius 2 is 2.36 bits per heavy atom. The molecular weight excluding hydrogens is 186 g/mol. The predicted molar refractivity (Wildman–Crippen MR) is 48.1 cm³/mol. The number of phenolic OH excluding ortho intramolecular Hbond substituents is 1. The summed E-state index contributed by atoms with van der Waals surface area (Å²) in [5.74, 6) is -0.639. The minimum atomic E-state index is -0.717. The molecule has 0 fully saturated rings. The van der Waals surface area contributed by atoms with Crippen LogP contribution in [0.4, 0.5) is 0 Å². The molecule has 0 heterocycles. The zero-order valence-electron chi connectivity index (χ0n) is 7.34. The molecule has 0 aliphatic rings. The van der Waals surface area contributed by atoms with Crippen LogP contribution in [0.25, 0.3) is 10.4 Å². The maximum atomic E-state index is 11.1. The molecule has 0 aromatic heterocycles. The number of benzene rings is 1. The largest absolute Gasteiger partial charge is 0.504 e. The zero-order valence-corrected chi connectivity index (χ0v) is 7.34. The number of carbonyl (C=O) groups is 1. The number of methoxy groups -OCH3 is 1. The van der Waals surface area contributed by atoms with Crippen LogP contribution in [0.2, 0.25) is 0 Å². The lowest BCUT2D eigenvalue weighted by atomic mass is 10.2. The number of nitrogens with zero attached hydrogens (tertiary/aromatic N) is 3. The average molecular weight is 193 g/mol. The summed E-state index contributed by atoms with van der Waals surface area (Å²) < 4.78 is 4.78. The lowest BCUT2D eigenvalue weighted by Gasteiger charge is -2.03. The van der Waals surface area contributed by atoms with E-state index in [1.54, 1.807) is 0 Å². The maximum Gasteiger partial charge on any atom is 0.249 e. The van der Waals surface area contributed by atoms with Gasteiger partial charge in [-0.15, -0.1) is 0 Å². The molecule has 1 rings (SSSR count). The second-order valence-corrected chi connectivity index (χ2v) is 2.38. The van der Waals surface area contributed by atoms with E-state index < -0.39 is 5.91 Å². The summed E-state index contributed by atoms with van der Waals surface area (Å²) in [4.78, 5) is 13.4. The van der Waals surface area contributed by atoms with E-state index in [0.717, 1.165) is 0 Å². The standard InChI is InChI=1S/C8H7N3O3/c1-14-7-4-5(2-3-6(7)12)8(13)10-11-9/h2-4,12H,1H3. The molecule has 6 nitrogen and oxygen atoms in total. The average Bonchev–Trinajstić information content (AvgIpc) is 2.19. The molecule has 14 heavy (non-hydrogen) atoms. The molecule has 1 aromatic rings. The highest BCUT2D eigenvalue weighted by atomic mass is 16.5. The third kappa shape index (κ3) is 1.94. The number of azide groups is 1. The molecule has 6 heteroatoms. The van der Waals surface area contributed by atoms with Crippen LogP contribution in [0.1, 0.15) is 10.4 Å². The van der Waals surface area contributed by atoms with Gasteiger partial charge in [0.25, 0.3) is 0 Å². The molecule has 0 bridgehead atoms. The fourth-order valence-corrected chi connectivity index (χ4v) is 0.909. The van der Waals surface area contributed by atoms with Crippen LogP contribution in [-0.4, -0.2) is 18.1 Å². The van der Waals surface area contributed by atoms with Crippen LogP contribution in [0.5, 0.6) is 11.5 Å². The second kappa shape index (κ2) is 4.15. The Balaban J connectivity index is 3.12. The lowest BCUT2D eigenvalue weighted by molar-refractivity contribution is 0.1000. The smallest absolute Gasteiger partial charge is 0.249 e. The molecule has 0 saturated heterocycles. The molecule has 1 N–H and O–H groups in total. The number of ether oxygens (including phenoxy) is 1. The fourth-order valence-electron chi connectivity index (χ4n) is 0.909. The Hall–Kier alpha value is -2.20. The van der Waals surface area contributed by atoms with Gasteiger partial charge in [-0.3, -0.25) is 4.79 Å². The third-order valence-electron chi connectivity index (χ3n) is 1.56. The SMILES string of the molecule is COc1cc(C(=O)N=[N+]=[N-])ccc1O. The Morgan fingerprint density at radius 3 is 2.93 bits per heavy atom. The Morgan fingerprint density at radius 1 is 1.64 bits per heavy atom. The van der Waals surface area contributed by atoms with Gasteiger partial charge in [-0.2, -0.15) is 0 Å². The first kappa shape index (κ1) is 9.88. The number of hydrogen-bond donors (Lipinski definition) is 1. The number of hydrogen-bond acceptors (Lipinski definition) is 3. The van der Waals surface area contributed by atoms with Crippen molar-refractivity contribution < 1.29 is 14.6 Å². The molecule has 0 unspecified atom stereocenters. The second-order valence-electron chi connectivity index (χ2n) is 2.38. The molecular formula is C8H7N3O3. The van der Waals surface area contributed by atoms with Gasteiger partial charge in [0, 0.05) is 10.5 Å². The summed E-state index contributed by atoms with van der Waals surface area (Å²) in [7, 11) is 1.36. The van der Waals surface area contributed by atoms with Gasteiger partial charge >= 0.3 is 0 Å². The van der Waals surface area contributed by atoms with E-state index in [-0.39, 0.29) is 17.1 Å². The van der Waals surface area contributed by atoms with Crippen LogP contribution in [0.3, 0.4) is 0 Å². The first-order valence-corrected chi connectivity index (χ1v) is 3.65. The highest BCUT2D eigenvalue weighted by Crippen LogP contribution is 2.26. The highest BCUT2D eigenvalue weighted by molar-refractivity contribution is 5.95. The number of phenols is 1. The first-order chi connectivity index (χ1) is 6.69. The minimum Gasteiger partial charge on any atom is -0.504 e. The van der Waals surface area contributed by atoms with Crippen LogP contribution in [0.15, 0.2) is 23.3 Å². The predicted octanol–water partition coefficient (Wildman–Crippen LogP) is 1.85. The van der Waals surface area contributed by atoms with Crippen molar-refractivity contribution in [2.45, 2.75) is 0 Å². The lowest BCUT2D eigenvalue weighted by Crippen LogP contribution is -1.94. The minimum absolute atomic E-state index is 0.0787. The van der Waals surface area contributed by atoms with E-state index in [1.807, 2.05) is 0 Å². The van der Waals surface area contributed by atoms with Crippen LogP contribution in [0, 0.1) is 0 Å². The summed E-state index contributed by atoms with van der Waals surface area (Å²) in [5, 5.41) is 12.1. The first-order valence-electron chi connectivity index (χ1n) is 3.65. The van der Waals surface area contributed by atoms with Crippen molar-refractivity contribution in [3.63, 3.8) is 0 Å². The van der Waals surface area contributed by atoms with E-state index in [4.69, 9.17) is 10.3 Å². The van der Waals surface area contributed by atoms with E-state index in [0.29, 0.717) is 0 Å². The van der Waals surface area contributed by atoms with Gasteiger partial charge in [0.1, 0.15) is 0 Å². The van der Waals surface area contributed by atoms with Crippen molar-refractivity contribution in [3.8, 4) is 11.5 Å². The van der Waals surface area contributed by atoms with Gasteiger partial charge in [0.15, 0.2) is 11.5 Å². The van der Waals surface area contributed by atoms with E-state index in [2.05, 4.69) is 10.0 Å². The van der Waals surface area contributed by atoms with Crippen molar-refractivity contribution in [1.29, 1.82) is 0 Å². The van der Waals surface area contributed by atoms with E-state index in [9.17, 15) is 9.90 Å². The zero-order chi connectivity index (χ0) is 10.6. The topological polar surface area (TPSA) is 95.3 Å². The summed E-state index contributed by atoms with van der Waals surface area (Å²) in [6.45, 7) is 0. The number of amides is 1. The van der Waals surface area contributed by atoms with E-state index >= 15 is 0 Å². The monoisotopic (exact) mass is 193 g/mol. The third-order valence-corrected chi connectivity index (χ3v) is 1.56. The van der Waals surface area contributed by atoms with Gasteiger partial charge < -0.3 is 9.84 Å². The molecule has 0 saturated carbocycles. The van der Waals surface area contributed by atoms with Crippen molar-refractivity contribution in [2.24, 2.45) is 5.11 Å². The Labute approximate surface area is 79.4 Å². The summed E-state index contributed by atoms with van der Waals surface area (Å²) in [6, 6.07) is 3.93. The van der Waals surface area contributed by atoms with Crippen molar-refractivity contribution in [2.75, 3.05) is 7.11 Å². The molecule has 0 radical (unpaired) electrons. The summed E-state index contributed by atoms with van der Waals surface area (Å²) in [5.41, 5.74) is 8.20.